The maximum Gasteiger partial charge on any atom is 0.416 e. The fourth-order valence-electron chi connectivity index (χ4n) is 2.85. The van der Waals surface area contributed by atoms with Gasteiger partial charge in [0.05, 0.1) is 24.0 Å². The fraction of sp³-hybridized carbons (Fsp3) is 0.312. The highest BCUT2D eigenvalue weighted by molar-refractivity contribution is 6.33. The summed E-state index contributed by atoms with van der Waals surface area (Å²) in [6, 6.07) is 2.17. The lowest BCUT2D eigenvalue weighted by atomic mass is 10.1. The summed E-state index contributed by atoms with van der Waals surface area (Å²) in [5.41, 5.74) is -1.66. The first kappa shape index (κ1) is 19.2. The van der Waals surface area contributed by atoms with Crippen LogP contribution in [0.25, 0.3) is 0 Å². The molecule has 144 valence electrons. The average molecular weight is 405 g/mol. The van der Waals surface area contributed by atoms with Gasteiger partial charge in [-0.3, -0.25) is 9.59 Å². The maximum absolute atomic E-state index is 13.4. The van der Waals surface area contributed by atoms with Gasteiger partial charge >= 0.3 is 6.18 Å². The van der Waals surface area contributed by atoms with Gasteiger partial charge in [-0.2, -0.15) is 18.3 Å². The zero-order valence-electron chi connectivity index (χ0n) is 13.7. The normalized spacial score (nSPS) is 15.4. The van der Waals surface area contributed by atoms with Crippen molar-refractivity contribution >= 4 is 23.2 Å². The molecule has 27 heavy (non-hydrogen) atoms. The molecule has 1 aliphatic heterocycles. The van der Waals surface area contributed by atoms with E-state index in [2.05, 4.69) is 10.2 Å². The molecule has 0 saturated carbocycles. The Morgan fingerprint density at radius 3 is 2.63 bits per heavy atom. The molecule has 0 spiro atoms. The minimum Gasteiger partial charge on any atom is -0.358 e. The quantitative estimate of drug-likeness (QED) is 0.798. The molecule has 1 aromatic heterocycles. The molecule has 2 heterocycles. The SMILES string of the molecule is O=C1CN(c2cn[nH]c(=O)c2Cl)CCN1Cc1cc(F)ccc1C(F)(F)F. The van der Waals surface area contributed by atoms with Crippen molar-refractivity contribution in [3.8, 4) is 0 Å². The third kappa shape index (κ3) is 4.05. The number of benzene rings is 1. The van der Waals surface area contributed by atoms with E-state index in [0.29, 0.717) is 6.07 Å². The van der Waals surface area contributed by atoms with Crippen molar-refractivity contribution in [2.24, 2.45) is 0 Å². The van der Waals surface area contributed by atoms with Crippen molar-refractivity contribution in [2.45, 2.75) is 12.7 Å². The second kappa shape index (κ2) is 7.18. The number of nitrogens with one attached hydrogen (secondary N) is 1. The van der Waals surface area contributed by atoms with Crippen molar-refractivity contribution in [1.82, 2.24) is 15.1 Å². The van der Waals surface area contributed by atoms with Crippen LogP contribution in [0.2, 0.25) is 5.02 Å². The minimum absolute atomic E-state index is 0.0791. The van der Waals surface area contributed by atoms with Crippen LogP contribution < -0.4 is 10.5 Å². The van der Waals surface area contributed by atoms with E-state index >= 15 is 0 Å². The highest BCUT2D eigenvalue weighted by Gasteiger charge is 2.35. The Balaban J connectivity index is 1.79. The Morgan fingerprint density at radius 2 is 1.96 bits per heavy atom. The number of amides is 1. The monoisotopic (exact) mass is 404 g/mol. The summed E-state index contributed by atoms with van der Waals surface area (Å²) in [5, 5.41) is 5.65. The molecule has 0 aliphatic carbocycles. The van der Waals surface area contributed by atoms with Gasteiger partial charge in [0.1, 0.15) is 10.8 Å². The molecule has 1 amide bonds. The summed E-state index contributed by atoms with van der Waals surface area (Å²) in [5.74, 6) is -1.29. The average Bonchev–Trinajstić information content (AvgIpc) is 2.58. The summed E-state index contributed by atoms with van der Waals surface area (Å²) >= 11 is 5.91. The van der Waals surface area contributed by atoms with Crippen molar-refractivity contribution in [2.75, 3.05) is 24.5 Å². The Kier molecular flexibility index (Phi) is 5.09. The lowest BCUT2D eigenvalue weighted by Crippen LogP contribution is -2.50. The van der Waals surface area contributed by atoms with Gasteiger partial charge in [0.25, 0.3) is 5.56 Å². The summed E-state index contributed by atoms with van der Waals surface area (Å²) < 4.78 is 52.7. The van der Waals surface area contributed by atoms with Crippen LogP contribution in [0, 0.1) is 5.82 Å². The van der Waals surface area contributed by atoms with E-state index in [1.807, 2.05) is 0 Å². The molecule has 2 aromatic rings. The highest BCUT2D eigenvalue weighted by Crippen LogP contribution is 2.33. The smallest absolute Gasteiger partial charge is 0.358 e. The van der Waals surface area contributed by atoms with Crippen LogP contribution in [0.5, 0.6) is 0 Å². The van der Waals surface area contributed by atoms with Crippen molar-refractivity contribution in [3.05, 3.63) is 56.7 Å². The Hall–Kier alpha value is -2.62. The Bertz CT molecular complexity index is 931. The van der Waals surface area contributed by atoms with Crippen LogP contribution in [0.1, 0.15) is 11.1 Å². The van der Waals surface area contributed by atoms with Crippen molar-refractivity contribution < 1.29 is 22.4 Å². The number of aromatic nitrogens is 2. The molecule has 1 aromatic carbocycles. The van der Waals surface area contributed by atoms with Crippen LogP contribution in [-0.2, 0) is 17.5 Å². The molecule has 11 heteroatoms. The third-order valence-electron chi connectivity index (χ3n) is 4.17. The van der Waals surface area contributed by atoms with E-state index in [1.54, 1.807) is 0 Å². The first-order valence-corrected chi connectivity index (χ1v) is 8.16. The van der Waals surface area contributed by atoms with Crippen LogP contribution in [0.3, 0.4) is 0 Å². The molecule has 0 atom stereocenters. The largest absolute Gasteiger partial charge is 0.416 e. The molecular formula is C16H13ClF4N4O2. The molecule has 1 saturated heterocycles. The number of piperazine rings is 1. The van der Waals surface area contributed by atoms with Gasteiger partial charge < -0.3 is 9.80 Å². The minimum atomic E-state index is -4.65. The second-order valence-corrected chi connectivity index (χ2v) is 6.31. The van der Waals surface area contributed by atoms with Crippen LogP contribution >= 0.6 is 11.6 Å². The number of anilines is 1. The number of hydrogen-bond donors (Lipinski definition) is 1. The van der Waals surface area contributed by atoms with E-state index < -0.39 is 29.0 Å². The molecule has 0 bridgehead atoms. The standard InChI is InChI=1S/C16H13ClF4N4O2/c17-14-12(6-22-23-15(14)27)24-3-4-25(13(26)8-24)7-9-5-10(18)1-2-11(9)16(19,20)21/h1-2,5-6H,3-4,7-8H2,(H,23,27). The topological polar surface area (TPSA) is 69.3 Å². The first-order chi connectivity index (χ1) is 12.7. The van der Waals surface area contributed by atoms with Crippen LogP contribution in [0.4, 0.5) is 23.2 Å². The number of carbonyl (C=O) groups is 1. The van der Waals surface area contributed by atoms with E-state index in [4.69, 9.17) is 11.6 Å². The summed E-state index contributed by atoms with van der Waals surface area (Å²) in [6.45, 7) is -0.259. The molecule has 0 radical (unpaired) electrons. The molecule has 0 unspecified atom stereocenters. The summed E-state index contributed by atoms with van der Waals surface area (Å²) in [7, 11) is 0. The van der Waals surface area contributed by atoms with E-state index in [-0.39, 0.29) is 42.5 Å². The Labute approximate surface area is 155 Å². The van der Waals surface area contributed by atoms with E-state index in [0.717, 1.165) is 12.1 Å². The molecule has 1 aliphatic rings. The molecular weight excluding hydrogens is 392 g/mol. The number of rotatable bonds is 3. The van der Waals surface area contributed by atoms with Crippen LogP contribution in [-0.4, -0.2) is 40.6 Å². The molecule has 1 N–H and O–H groups in total. The van der Waals surface area contributed by atoms with Crippen molar-refractivity contribution in [1.29, 1.82) is 0 Å². The van der Waals surface area contributed by atoms with Gasteiger partial charge in [-0.25, -0.2) is 9.49 Å². The number of nitrogens with zero attached hydrogens (tertiary/aromatic N) is 3. The lowest BCUT2D eigenvalue weighted by molar-refractivity contribution is -0.140. The number of aromatic amines is 1. The van der Waals surface area contributed by atoms with Gasteiger partial charge in [-0.1, -0.05) is 11.6 Å². The van der Waals surface area contributed by atoms with E-state index in [9.17, 15) is 27.2 Å². The lowest BCUT2D eigenvalue weighted by Gasteiger charge is -2.36. The number of halogens is 5. The predicted molar refractivity (Wildman–Crippen MR) is 88.9 cm³/mol. The van der Waals surface area contributed by atoms with Gasteiger partial charge in [-0.15, -0.1) is 0 Å². The molecule has 3 rings (SSSR count). The molecule has 1 fully saturated rings. The zero-order valence-corrected chi connectivity index (χ0v) is 14.4. The summed E-state index contributed by atoms with van der Waals surface area (Å²) in [6.07, 6.45) is -3.36. The maximum atomic E-state index is 13.4. The van der Waals surface area contributed by atoms with Gasteiger partial charge in [-0.05, 0) is 23.8 Å². The molecule has 6 nitrogen and oxygen atoms in total. The van der Waals surface area contributed by atoms with Gasteiger partial charge in [0.2, 0.25) is 5.91 Å². The number of H-pyrrole nitrogens is 1. The summed E-state index contributed by atoms with van der Waals surface area (Å²) in [4.78, 5) is 26.6. The van der Waals surface area contributed by atoms with Gasteiger partial charge in [0, 0.05) is 19.6 Å². The van der Waals surface area contributed by atoms with E-state index in [1.165, 1.54) is 16.0 Å². The fourth-order valence-corrected chi connectivity index (χ4v) is 3.06. The van der Waals surface area contributed by atoms with Crippen LogP contribution in [0.15, 0.2) is 29.2 Å². The predicted octanol–water partition coefficient (Wildman–Crippen LogP) is 2.43. The van der Waals surface area contributed by atoms with Crippen molar-refractivity contribution in [3.63, 3.8) is 0 Å². The number of hydrogen-bond acceptors (Lipinski definition) is 4. The Morgan fingerprint density at radius 1 is 1.22 bits per heavy atom. The third-order valence-corrected chi connectivity index (χ3v) is 4.54. The number of carbonyl (C=O) groups excluding carboxylic acids is 1. The first-order valence-electron chi connectivity index (χ1n) is 7.78. The zero-order chi connectivity index (χ0) is 19.8. The number of alkyl halides is 3. The highest BCUT2D eigenvalue weighted by atomic mass is 35.5. The van der Waals surface area contributed by atoms with Gasteiger partial charge in [0.15, 0.2) is 0 Å². The second-order valence-electron chi connectivity index (χ2n) is 5.93.